The number of carbonyl (C=O) groups excluding carboxylic acids is 2. The molecule has 0 aliphatic rings. The van der Waals surface area contributed by atoms with Gasteiger partial charge in [-0.05, 0) is 12.1 Å². The van der Waals surface area contributed by atoms with E-state index < -0.39 is 0 Å². The number of ether oxygens (including phenoxy) is 2. The quantitative estimate of drug-likeness (QED) is 0.459. The van der Waals surface area contributed by atoms with Crippen molar-refractivity contribution in [1.82, 2.24) is 0 Å². The lowest BCUT2D eigenvalue weighted by Gasteiger charge is -2.13. The van der Waals surface area contributed by atoms with Crippen molar-refractivity contribution in [3.63, 3.8) is 0 Å². The Morgan fingerprint density at radius 1 is 1.17 bits per heavy atom. The predicted octanol–water partition coefficient (Wildman–Crippen LogP) is 3.12. The Labute approximate surface area is 120 Å². The van der Waals surface area contributed by atoms with Crippen LogP contribution in [0.1, 0.15) is 34.6 Å². The molecular formula is C13H15IO4. The van der Waals surface area contributed by atoms with E-state index in [0.29, 0.717) is 22.6 Å². The number of hydrogen-bond acceptors (Lipinski definition) is 4. The topological polar surface area (TPSA) is 52.6 Å². The van der Waals surface area contributed by atoms with E-state index in [2.05, 4.69) is 0 Å². The number of halogens is 1. The van der Waals surface area contributed by atoms with Gasteiger partial charge in [0, 0.05) is 34.1 Å². The van der Waals surface area contributed by atoms with E-state index >= 15 is 0 Å². The standard InChI is InChI=1S/C13H15IO4/c1-7(2)11(15)8-5-9(13(14)16)12(18-4)10(6-8)17-3/h5-7H,1-4H3. The Bertz CT molecular complexity index is 480. The van der Waals surface area contributed by atoms with Crippen molar-refractivity contribution in [2.75, 3.05) is 14.2 Å². The normalized spacial score (nSPS) is 10.3. The molecule has 0 unspecified atom stereocenters. The summed E-state index contributed by atoms with van der Waals surface area (Å²) < 4.78 is 10.1. The van der Waals surface area contributed by atoms with Crippen LogP contribution in [0.25, 0.3) is 0 Å². The largest absolute Gasteiger partial charge is 0.493 e. The van der Waals surface area contributed by atoms with Crippen LogP contribution >= 0.6 is 22.6 Å². The molecule has 98 valence electrons. The number of methoxy groups -OCH3 is 2. The molecule has 0 saturated carbocycles. The summed E-state index contributed by atoms with van der Waals surface area (Å²) in [6, 6.07) is 3.16. The summed E-state index contributed by atoms with van der Waals surface area (Å²) in [4.78, 5) is 23.6. The van der Waals surface area contributed by atoms with Crippen molar-refractivity contribution in [3.05, 3.63) is 23.3 Å². The van der Waals surface area contributed by atoms with Gasteiger partial charge in [0.05, 0.1) is 19.8 Å². The molecule has 5 heteroatoms. The monoisotopic (exact) mass is 362 g/mol. The molecule has 4 nitrogen and oxygen atoms in total. The highest BCUT2D eigenvalue weighted by atomic mass is 127. The highest BCUT2D eigenvalue weighted by Crippen LogP contribution is 2.34. The molecule has 0 fully saturated rings. The molecule has 0 spiro atoms. The lowest BCUT2D eigenvalue weighted by atomic mass is 9.98. The van der Waals surface area contributed by atoms with Crippen molar-refractivity contribution < 1.29 is 19.1 Å². The molecular weight excluding hydrogens is 347 g/mol. The van der Waals surface area contributed by atoms with Gasteiger partial charge in [-0.1, -0.05) is 13.8 Å². The van der Waals surface area contributed by atoms with E-state index in [4.69, 9.17) is 9.47 Å². The first-order valence-corrected chi connectivity index (χ1v) is 6.50. The summed E-state index contributed by atoms with van der Waals surface area (Å²) in [6.07, 6.45) is 0. The van der Waals surface area contributed by atoms with Crippen molar-refractivity contribution in [2.24, 2.45) is 5.92 Å². The number of benzene rings is 1. The zero-order valence-electron chi connectivity index (χ0n) is 10.7. The summed E-state index contributed by atoms with van der Waals surface area (Å²) in [5.41, 5.74) is 0.809. The average Bonchev–Trinajstić information content (AvgIpc) is 2.35. The molecule has 0 aromatic heterocycles. The Hall–Kier alpha value is -1.11. The van der Waals surface area contributed by atoms with Crippen molar-refractivity contribution in [3.8, 4) is 11.5 Å². The first-order chi connectivity index (χ1) is 8.42. The molecule has 0 saturated heterocycles. The third-order valence-electron chi connectivity index (χ3n) is 2.50. The third kappa shape index (κ3) is 3.01. The van der Waals surface area contributed by atoms with Crippen molar-refractivity contribution in [2.45, 2.75) is 13.8 Å². The molecule has 0 radical (unpaired) electrons. The maximum Gasteiger partial charge on any atom is 0.226 e. The van der Waals surface area contributed by atoms with Gasteiger partial charge in [0.1, 0.15) is 0 Å². The van der Waals surface area contributed by atoms with Crippen LogP contribution < -0.4 is 9.47 Å². The van der Waals surface area contributed by atoms with Gasteiger partial charge in [0.15, 0.2) is 17.3 Å². The van der Waals surface area contributed by atoms with Gasteiger partial charge in [0.25, 0.3) is 0 Å². The first kappa shape index (κ1) is 14.9. The fourth-order valence-corrected chi connectivity index (χ4v) is 1.99. The van der Waals surface area contributed by atoms with Gasteiger partial charge >= 0.3 is 0 Å². The number of rotatable bonds is 5. The number of carbonyl (C=O) groups is 2. The molecule has 0 atom stereocenters. The highest BCUT2D eigenvalue weighted by molar-refractivity contribution is 14.1. The maximum atomic E-state index is 12.0. The molecule has 0 N–H and O–H groups in total. The second kappa shape index (κ2) is 6.17. The van der Waals surface area contributed by atoms with Crippen molar-refractivity contribution in [1.29, 1.82) is 0 Å². The number of ketones is 1. The number of hydrogen-bond donors (Lipinski definition) is 0. The molecule has 1 aromatic rings. The first-order valence-electron chi connectivity index (χ1n) is 5.42. The maximum absolute atomic E-state index is 12.0. The number of Topliss-reactive ketones (excluding diaryl/α,β-unsaturated/α-hetero) is 1. The van der Waals surface area contributed by atoms with Crippen LogP contribution in [0.3, 0.4) is 0 Å². The molecule has 1 aromatic carbocycles. The molecule has 0 aliphatic heterocycles. The Morgan fingerprint density at radius 3 is 2.17 bits per heavy atom. The Kier molecular flexibility index (Phi) is 5.13. The van der Waals surface area contributed by atoms with Gasteiger partial charge in [-0.25, -0.2) is 0 Å². The van der Waals surface area contributed by atoms with Gasteiger partial charge < -0.3 is 9.47 Å². The zero-order chi connectivity index (χ0) is 13.9. The Balaban J connectivity index is 3.45. The Morgan fingerprint density at radius 2 is 1.78 bits per heavy atom. The lowest BCUT2D eigenvalue weighted by molar-refractivity contribution is 0.0939. The van der Waals surface area contributed by atoms with Crippen LogP contribution in [0.15, 0.2) is 12.1 Å². The van der Waals surface area contributed by atoms with E-state index in [9.17, 15) is 9.59 Å². The molecule has 1 rings (SSSR count). The summed E-state index contributed by atoms with van der Waals surface area (Å²) in [5, 5.41) is 0. The average molecular weight is 362 g/mol. The van der Waals surface area contributed by atoms with E-state index in [0.717, 1.165) is 0 Å². The summed E-state index contributed by atoms with van der Waals surface area (Å²) in [7, 11) is 2.94. The van der Waals surface area contributed by atoms with Crippen LogP contribution in [-0.2, 0) is 0 Å². The van der Waals surface area contributed by atoms with Crippen molar-refractivity contribution >= 4 is 32.2 Å². The SMILES string of the molecule is COc1cc(C(=O)C(C)C)cc(C(=O)I)c1OC. The van der Waals surface area contributed by atoms with Gasteiger partial charge in [0.2, 0.25) is 3.79 Å². The molecule has 0 bridgehead atoms. The van der Waals surface area contributed by atoms with Crippen LogP contribution in [0.5, 0.6) is 11.5 Å². The van der Waals surface area contributed by atoms with Gasteiger partial charge in [-0.15, -0.1) is 0 Å². The molecule has 0 amide bonds. The lowest BCUT2D eigenvalue weighted by Crippen LogP contribution is -2.10. The minimum Gasteiger partial charge on any atom is -0.493 e. The molecule has 18 heavy (non-hydrogen) atoms. The van der Waals surface area contributed by atoms with Gasteiger partial charge in [-0.3, -0.25) is 9.59 Å². The summed E-state index contributed by atoms with van der Waals surface area (Å²) in [5.74, 6) is 0.580. The van der Waals surface area contributed by atoms with E-state index in [-0.39, 0.29) is 15.5 Å². The van der Waals surface area contributed by atoms with E-state index in [1.54, 1.807) is 34.7 Å². The zero-order valence-corrected chi connectivity index (χ0v) is 12.9. The second-order valence-electron chi connectivity index (χ2n) is 4.05. The van der Waals surface area contributed by atoms with Gasteiger partial charge in [-0.2, -0.15) is 0 Å². The van der Waals surface area contributed by atoms with Crippen LogP contribution in [0.4, 0.5) is 0 Å². The fraction of sp³-hybridized carbons (Fsp3) is 0.385. The highest BCUT2D eigenvalue weighted by Gasteiger charge is 2.20. The van der Waals surface area contributed by atoms with Crippen LogP contribution in [-0.4, -0.2) is 23.8 Å². The minimum absolute atomic E-state index is 0.0325. The molecule has 0 aliphatic carbocycles. The predicted molar refractivity (Wildman–Crippen MR) is 77.1 cm³/mol. The fourth-order valence-electron chi connectivity index (χ4n) is 1.59. The van der Waals surface area contributed by atoms with E-state index in [1.807, 2.05) is 13.8 Å². The third-order valence-corrected chi connectivity index (χ3v) is 3.08. The van der Waals surface area contributed by atoms with Crippen LogP contribution in [0.2, 0.25) is 0 Å². The summed E-state index contributed by atoms with van der Waals surface area (Å²) in [6.45, 7) is 3.62. The minimum atomic E-state index is -0.193. The second-order valence-corrected chi connectivity index (χ2v) is 5.03. The summed E-state index contributed by atoms with van der Waals surface area (Å²) >= 11 is 1.66. The van der Waals surface area contributed by atoms with Crippen LogP contribution in [0, 0.1) is 5.92 Å². The molecule has 0 heterocycles. The smallest absolute Gasteiger partial charge is 0.226 e. The van der Waals surface area contributed by atoms with E-state index in [1.165, 1.54) is 14.2 Å².